The maximum absolute atomic E-state index is 11.5. The average molecular weight is 229 g/mol. The highest BCUT2D eigenvalue weighted by Crippen LogP contribution is 2.09. The quantitative estimate of drug-likeness (QED) is 0.681. The second-order valence-electron chi connectivity index (χ2n) is 5.06. The molecule has 4 nitrogen and oxygen atoms in total. The Kier molecular flexibility index (Phi) is 6.08. The molecule has 94 valence electrons. The molecule has 0 aromatic heterocycles. The summed E-state index contributed by atoms with van der Waals surface area (Å²) >= 11 is 0. The van der Waals surface area contributed by atoms with Crippen molar-refractivity contribution in [3.8, 4) is 0 Å². The van der Waals surface area contributed by atoms with Crippen LogP contribution in [0.1, 0.15) is 47.0 Å². The summed E-state index contributed by atoms with van der Waals surface area (Å²) in [7, 11) is 1.71. The number of nitrogens with zero attached hydrogens (tertiary/aromatic N) is 1. The zero-order valence-electron chi connectivity index (χ0n) is 11.0. The molecule has 0 atom stereocenters. The normalized spacial score (nSPS) is 11.1. The van der Waals surface area contributed by atoms with Crippen LogP contribution in [0.15, 0.2) is 0 Å². The molecule has 0 bridgehead atoms. The van der Waals surface area contributed by atoms with E-state index in [9.17, 15) is 9.59 Å². The second kappa shape index (κ2) is 6.51. The Labute approximate surface area is 98.0 Å². The number of amides is 1. The maximum atomic E-state index is 11.5. The monoisotopic (exact) mass is 229 g/mol. The van der Waals surface area contributed by atoms with Gasteiger partial charge in [-0.25, -0.2) is 4.79 Å². The van der Waals surface area contributed by atoms with E-state index in [4.69, 9.17) is 4.74 Å². The first kappa shape index (κ1) is 14.9. The summed E-state index contributed by atoms with van der Waals surface area (Å²) in [6.45, 7) is 7.73. The van der Waals surface area contributed by atoms with Gasteiger partial charge in [0, 0.05) is 20.0 Å². The van der Waals surface area contributed by atoms with Gasteiger partial charge < -0.3 is 14.4 Å². The SMILES string of the molecule is CC(=O)CCCCN(C)C(=O)OC(C)(C)C. The van der Waals surface area contributed by atoms with Crippen molar-refractivity contribution >= 4 is 11.9 Å². The molecule has 0 rings (SSSR count). The van der Waals surface area contributed by atoms with Gasteiger partial charge in [0.1, 0.15) is 11.4 Å². The van der Waals surface area contributed by atoms with Gasteiger partial charge in [-0.3, -0.25) is 0 Å². The molecule has 4 heteroatoms. The third kappa shape index (κ3) is 8.26. The zero-order valence-corrected chi connectivity index (χ0v) is 11.0. The van der Waals surface area contributed by atoms with Gasteiger partial charge in [-0.1, -0.05) is 0 Å². The van der Waals surface area contributed by atoms with E-state index in [1.807, 2.05) is 20.8 Å². The first-order valence-corrected chi connectivity index (χ1v) is 5.66. The minimum Gasteiger partial charge on any atom is -0.444 e. The van der Waals surface area contributed by atoms with Crippen LogP contribution in [-0.2, 0) is 9.53 Å². The Hall–Kier alpha value is -1.06. The van der Waals surface area contributed by atoms with Crippen molar-refractivity contribution in [2.45, 2.75) is 52.6 Å². The van der Waals surface area contributed by atoms with Crippen LogP contribution in [-0.4, -0.2) is 36.0 Å². The fourth-order valence-electron chi connectivity index (χ4n) is 1.15. The van der Waals surface area contributed by atoms with Crippen molar-refractivity contribution in [2.75, 3.05) is 13.6 Å². The molecule has 0 aliphatic carbocycles. The van der Waals surface area contributed by atoms with Crippen LogP contribution >= 0.6 is 0 Å². The van der Waals surface area contributed by atoms with Crippen LogP contribution in [0.4, 0.5) is 4.79 Å². The highest BCUT2D eigenvalue weighted by molar-refractivity contribution is 5.75. The summed E-state index contributed by atoms with van der Waals surface area (Å²) in [6.07, 6.45) is 1.93. The molecule has 16 heavy (non-hydrogen) atoms. The van der Waals surface area contributed by atoms with E-state index in [1.165, 1.54) is 0 Å². The molecule has 0 saturated heterocycles. The van der Waals surface area contributed by atoms with Crippen LogP contribution in [0.2, 0.25) is 0 Å². The van der Waals surface area contributed by atoms with Crippen molar-refractivity contribution < 1.29 is 14.3 Å². The molecule has 0 aromatic rings. The topological polar surface area (TPSA) is 46.6 Å². The lowest BCUT2D eigenvalue weighted by atomic mass is 10.2. The van der Waals surface area contributed by atoms with Crippen LogP contribution in [0.25, 0.3) is 0 Å². The molecule has 0 saturated carbocycles. The zero-order chi connectivity index (χ0) is 12.8. The van der Waals surface area contributed by atoms with Crippen molar-refractivity contribution in [1.82, 2.24) is 4.90 Å². The molecule has 0 radical (unpaired) electrons. The molecule has 0 aromatic carbocycles. The van der Waals surface area contributed by atoms with Crippen LogP contribution in [0, 0.1) is 0 Å². The van der Waals surface area contributed by atoms with Gasteiger partial charge in [-0.2, -0.15) is 0 Å². The molecule has 0 N–H and O–H groups in total. The molecule has 0 heterocycles. The van der Waals surface area contributed by atoms with Crippen LogP contribution in [0.5, 0.6) is 0 Å². The van der Waals surface area contributed by atoms with Gasteiger partial charge in [-0.15, -0.1) is 0 Å². The minimum absolute atomic E-state index is 0.194. The van der Waals surface area contributed by atoms with E-state index >= 15 is 0 Å². The van der Waals surface area contributed by atoms with Crippen LogP contribution in [0.3, 0.4) is 0 Å². The van der Waals surface area contributed by atoms with Gasteiger partial charge in [-0.05, 0) is 40.5 Å². The van der Waals surface area contributed by atoms with E-state index in [1.54, 1.807) is 18.9 Å². The molecular formula is C12H23NO3. The second-order valence-corrected chi connectivity index (χ2v) is 5.06. The number of carbonyl (C=O) groups is 2. The molecule has 0 fully saturated rings. The molecule has 1 amide bonds. The van der Waals surface area contributed by atoms with Gasteiger partial charge >= 0.3 is 6.09 Å². The smallest absolute Gasteiger partial charge is 0.410 e. The molecule has 0 spiro atoms. The van der Waals surface area contributed by atoms with E-state index in [0.29, 0.717) is 13.0 Å². The summed E-state index contributed by atoms with van der Waals surface area (Å²) in [4.78, 5) is 23.8. The Balaban J connectivity index is 3.76. The number of Topliss-reactive ketones (excluding diaryl/α,β-unsaturated/α-hetero) is 1. The molecular weight excluding hydrogens is 206 g/mol. The van der Waals surface area contributed by atoms with Crippen molar-refractivity contribution in [2.24, 2.45) is 0 Å². The number of ether oxygens (including phenoxy) is 1. The lowest BCUT2D eigenvalue weighted by Crippen LogP contribution is -2.34. The highest BCUT2D eigenvalue weighted by atomic mass is 16.6. The van der Waals surface area contributed by atoms with E-state index < -0.39 is 5.60 Å². The predicted molar refractivity (Wildman–Crippen MR) is 63.4 cm³/mol. The molecule has 0 unspecified atom stereocenters. The Morgan fingerprint density at radius 1 is 1.19 bits per heavy atom. The van der Waals surface area contributed by atoms with Gasteiger partial charge in [0.05, 0.1) is 0 Å². The van der Waals surface area contributed by atoms with Crippen molar-refractivity contribution in [1.29, 1.82) is 0 Å². The van der Waals surface area contributed by atoms with Crippen molar-refractivity contribution in [3.63, 3.8) is 0 Å². The number of hydrogen-bond acceptors (Lipinski definition) is 3. The fraction of sp³-hybridized carbons (Fsp3) is 0.833. The third-order valence-electron chi connectivity index (χ3n) is 1.98. The molecule has 0 aliphatic heterocycles. The van der Waals surface area contributed by atoms with Gasteiger partial charge in [0.2, 0.25) is 0 Å². The maximum Gasteiger partial charge on any atom is 0.410 e. The minimum atomic E-state index is -0.454. The first-order chi connectivity index (χ1) is 7.22. The summed E-state index contributed by atoms with van der Waals surface area (Å²) in [5.41, 5.74) is -0.454. The first-order valence-electron chi connectivity index (χ1n) is 5.66. The average Bonchev–Trinajstić information content (AvgIpc) is 2.08. The lowest BCUT2D eigenvalue weighted by molar-refractivity contribution is -0.117. The largest absolute Gasteiger partial charge is 0.444 e. The number of carbonyl (C=O) groups excluding carboxylic acids is 2. The van der Waals surface area contributed by atoms with Gasteiger partial charge in [0.15, 0.2) is 0 Å². The summed E-state index contributed by atoms with van der Waals surface area (Å²) in [6, 6.07) is 0. The Morgan fingerprint density at radius 2 is 1.75 bits per heavy atom. The van der Waals surface area contributed by atoms with E-state index in [0.717, 1.165) is 12.8 Å². The third-order valence-corrected chi connectivity index (χ3v) is 1.98. The van der Waals surface area contributed by atoms with E-state index in [2.05, 4.69) is 0 Å². The van der Waals surface area contributed by atoms with E-state index in [-0.39, 0.29) is 11.9 Å². The number of ketones is 1. The summed E-state index contributed by atoms with van der Waals surface area (Å²) in [5, 5.41) is 0. The fourth-order valence-corrected chi connectivity index (χ4v) is 1.15. The predicted octanol–water partition coefficient (Wildman–Crippen LogP) is 2.61. The Bertz CT molecular complexity index is 243. The Morgan fingerprint density at radius 3 is 2.19 bits per heavy atom. The number of rotatable bonds is 5. The summed E-state index contributed by atoms with van der Waals surface area (Å²) in [5.74, 6) is 0.194. The van der Waals surface area contributed by atoms with Crippen molar-refractivity contribution in [3.05, 3.63) is 0 Å². The number of hydrogen-bond donors (Lipinski definition) is 0. The van der Waals surface area contributed by atoms with Crippen LogP contribution < -0.4 is 0 Å². The summed E-state index contributed by atoms with van der Waals surface area (Å²) < 4.78 is 5.20. The lowest BCUT2D eigenvalue weighted by Gasteiger charge is -2.24. The molecule has 0 aliphatic rings. The standard InChI is InChI=1S/C12H23NO3/c1-10(14)8-6-7-9-13(5)11(15)16-12(2,3)4/h6-9H2,1-5H3. The van der Waals surface area contributed by atoms with Gasteiger partial charge in [0.25, 0.3) is 0 Å². The number of unbranched alkanes of at least 4 members (excludes halogenated alkanes) is 1. The highest BCUT2D eigenvalue weighted by Gasteiger charge is 2.18.